The lowest BCUT2D eigenvalue weighted by atomic mass is 10.0. The molecule has 4 aromatic rings. The molecule has 2 atom stereocenters. The maximum absolute atomic E-state index is 14.2. The minimum absolute atomic E-state index is 0.0160. The fourth-order valence-corrected chi connectivity index (χ4v) is 5.41. The number of nitrogens with zero attached hydrogens (tertiary/aromatic N) is 5. The number of fused-ring (bicyclic) bond motifs is 1. The summed E-state index contributed by atoms with van der Waals surface area (Å²) < 4.78 is 41.3. The molecular weight excluding hydrogens is 599 g/mol. The lowest BCUT2D eigenvalue weighted by Gasteiger charge is -2.32. The molecule has 0 spiro atoms. The van der Waals surface area contributed by atoms with Crippen LogP contribution in [0.3, 0.4) is 0 Å². The zero-order valence-electron chi connectivity index (χ0n) is 25.3. The van der Waals surface area contributed by atoms with Crippen molar-refractivity contribution in [1.29, 1.82) is 0 Å². The van der Waals surface area contributed by atoms with Crippen molar-refractivity contribution in [3.05, 3.63) is 77.6 Å². The number of amides is 2. The molecule has 1 N–H and O–H groups in total. The Bertz CT molecular complexity index is 1690. The number of hydrogen-bond acceptors (Lipinski definition) is 10. The van der Waals surface area contributed by atoms with E-state index in [2.05, 4.69) is 20.7 Å². The van der Waals surface area contributed by atoms with Gasteiger partial charge in [-0.1, -0.05) is 18.2 Å². The Hall–Kier alpha value is -5.24. The van der Waals surface area contributed by atoms with Crippen LogP contribution < -0.4 is 24.3 Å². The van der Waals surface area contributed by atoms with Gasteiger partial charge in [-0.2, -0.15) is 4.80 Å². The molecule has 1 aromatic heterocycles. The summed E-state index contributed by atoms with van der Waals surface area (Å²) in [7, 11) is 3.06. The lowest BCUT2D eigenvalue weighted by molar-refractivity contribution is -0.142. The molecular formula is C32H33FN6O7. The minimum atomic E-state index is -1.12. The summed E-state index contributed by atoms with van der Waals surface area (Å²) in [6, 6.07) is 14.9. The van der Waals surface area contributed by atoms with Gasteiger partial charge in [-0.25, -0.2) is 4.39 Å². The Labute approximate surface area is 264 Å². The van der Waals surface area contributed by atoms with E-state index >= 15 is 0 Å². The van der Waals surface area contributed by atoms with Gasteiger partial charge in [0.2, 0.25) is 24.4 Å². The molecule has 46 heavy (non-hydrogen) atoms. The summed E-state index contributed by atoms with van der Waals surface area (Å²) in [6.45, 7) is 0.685. The van der Waals surface area contributed by atoms with Crippen LogP contribution >= 0.6 is 0 Å². The van der Waals surface area contributed by atoms with E-state index < -0.39 is 23.7 Å². The summed E-state index contributed by atoms with van der Waals surface area (Å²) in [6.07, 6.45) is 1.61. The van der Waals surface area contributed by atoms with Gasteiger partial charge in [0, 0.05) is 25.3 Å². The third-order valence-electron chi connectivity index (χ3n) is 7.76. The van der Waals surface area contributed by atoms with E-state index in [0.29, 0.717) is 46.3 Å². The van der Waals surface area contributed by atoms with Gasteiger partial charge < -0.3 is 33.9 Å². The second-order valence-electron chi connectivity index (χ2n) is 10.8. The average Bonchev–Trinajstić information content (AvgIpc) is 3.86. The van der Waals surface area contributed by atoms with Crippen LogP contribution in [-0.4, -0.2) is 77.2 Å². The highest BCUT2D eigenvalue weighted by Crippen LogP contribution is 2.34. The predicted octanol–water partition coefficient (Wildman–Crippen LogP) is 3.29. The first-order valence-electron chi connectivity index (χ1n) is 14.7. The normalized spacial score (nSPS) is 15.8. The zero-order chi connectivity index (χ0) is 32.0. The molecule has 13 nitrogen and oxygen atoms in total. The van der Waals surface area contributed by atoms with Crippen molar-refractivity contribution in [2.45, 2.75) is 38.1 Å². The number of halogens is 1. The minimum Gasteiger partial charge on any atom is -0.493 e. The summed E-state index contributed by atoms with van der Waals surface area (Å²) in [5.41, 5.74) is 1.72. The molecule has 14 heteroatoms. The number of carbonyl (C=O) groups excluding carboxylic acids is 2. The van der Waals surface area contributed by atoms with E-state index in [4.69, 9.17) is 23.7 Å². The molecule has 240 valence electrons. The lowest BCUT2D eigenvalue weighted by Crippen LogP contribution is -2.46. The number of methoxy groups -OCH3 is 2. The van der Waals surface area contributed by atoms with Crippen molar-refractivity contribution >= 4 is 11.8 Å². The number of hydrogen-bond donors (Lipinski definition) is 1. The first kappa shape index (κ1) is 30.8. The second kappa shape index (κ2) is 13.8. The smallest absolute Gasteiger partial charge is 0.247 e. The van der Waals surface area contributed by atoms with Crippen LogP contribution in [0.2, 0.25) is 0 Å². The van der Waals surface area contributed by atoms with E-state index in [9.17, 15) is 14.0 Å². The predicted molar refractivity (Wildman–Crippen MR) is 161 cm³/mol. The van der Waals surface area contributed by atoms with E-state index in [1.54, 1.807) is 36.4 Å². The van der Waals surface area contributed by atoms with Gasteiger partial charge >= 0.3 is 0 Å². The highest BCUT2D eigenvalue weighted by molar-refractivity contribution is 5.88. The number of ether oxygens (including phenoxy) is 5. The van der Waals surface area contributed by atoms with Crippen LogP contribution in [0.4, 0.5) is 4.39 Å². The quantitative estimate of drug-likeness (QED) is 0.248. The Balaban J connectivity index is 1.31. The number of tetrazole rings is 1. The van der Waals surface area contributed by atoms with Crippen LogP contribution in [0.1, 0.15) is 30.0 Å². The molecule has 1 saturated heterocycles. The Morgan fingerprint density at radius 2 is 1.85 bits per heavy atom. The van der Waals surface area contributed by atoms with Crippen molar-refractivity contribution in [3.63, 3.8) is 0 Å². The van der Waals surface area contributed by atoms with Gasteiger partial charge in [-0.15, -0.1) is 10.2 Å². The Morgan fingerprint density at radius 1 is 1.04 bits per heavy atom. The maximum atomic E-state index is 14.2. The van der Waals surface area contributed by atoms with Gasteiger partial charge in [0.15, 0.2) is 23.0 Å². The highest BCUT2D eigenvalue weighted by Gasteiger charge is 2.33. The summed E-state index contributed by atoms with van der Waals surface area (Å²) in [5.74, 6) is 1.02. The number of benzene rings is 3. The standard InChI is InChI=1S/C32H33FN6O7/c1-42-25-12-8-22(15-27(25)43-2)31-35-37-39(36-31)18-29(40)38(17-20-5-11-26-28(14-20)46-19-45-26)30(21-6-9-23(33)10-7-21)32(41)34-16-24-4-3-13-44-24/h5-12,14-15,24,30H,3-4,13,16-19H2,1-2H3,(H,34,41)/t24-,30+/m0/s1. The van der Waals surface area contributed by atoms with Crippen LogP contribution in [0.5, 0.6) is 23.0 Å². The van der Waals surface area contributed by atoms with Crippen molar-refractivity contribution in [2.24, 2.45) is 0 Å². The van der Waals surface area contributed by atoms with Crippen LogP contribution in [-0.2, 0) is 27.4 Å². The second-order valence-corrected chi connectivity index (χ2v) is 10.8. The summed E-state index contributed by atoms with van der Waals surface area (Å²) >= 11 is 0. The number of aromatic nitrogens is 4. The summed E-state index contributed by atoms with van der Waals surface area (Å²) in [4.78, 5) is 30.6. The zero-order valence-corrected chi connectivity index (χ0v) is 25.3. The molecule has 3 aromatic carbocycles. The fourth-order valence-electron chi connectivity index (χ4n) is 5.41. The van der Waals surface area contributed by atoms with Gasteiger partial charge in [0.05, 0.1) is 20.3 Å². The first-order chi connectivity index (χ1) is 22.4. The molecule has 2 amide bonds. The fraction of sp³-hybridized carbons (Fsp3) is 0.344. The van der Waals surface area contributed by atoms with Gasteiger partial charge in [-0.05, 0) is 71.6 Å². The number of carbonyl (C=O) groups is 2. The molecule has 0 unspecified atom stereocenters. The number of nitrogens with one attached hydrogen (secondary N) is 1. The van der Waals surface area contributed by atoms with E-state index in [-0.39, 0.29) is 38.4 Å². The Kier molecular flexibility index (Phi) is 9.24. The SMILES string of the molecule is COc1ccc(-c2nnn(CC(=O)N(Cc3ccc4c(c3)OCO4)[C@@H](C(=O)NC[C@@H]3CCCO3)c3ccc(F)cc3)n2)cc1OC. The summed E-state index contributed by atoms with van der Waals surface area (Å²) in [5, 5.41) is 15.6. The molecule has 0 aliphatic carbocycles. The number of rotatable bonds is 12. The Morgan fingerprint density at radius 3 is 2.61 bits per heavy atom. The molecule has 6 rings (SSSR count). The molecule has 1 fully saturated rings. The van der Waals surface area contributed by atoms with Crippen molar-refractivity contribution in [1.82, 2.24) is 30.4 Å². The van der Waals surface area contributed by atoms with E-state index in [1.807, 2.05) is 0 Å². The van der Waals surface area contributed by atoms with E-state index in [0.717, 1.165) is 17.6 Å². The molecule has 3 heterocycles. The third-order valence-corrected chi connectivity index (χ3v) is 7.76. The van der Waals surface area contributed by atoms with Crippen molar-refractivity contribution < 1.29 is 37.7 Å². The van der Waals surface area contributed by atoms with Gasteiger partial charge in [-0.3, -0.25) is 9.59 Å². The average molecular weight is 633 g/mol. The van der Waals surface area contributed by atoms with Crippen molar-refractivity contribution in [3.8, 4) is 34.4 Å². The van der Waals surface area contributed by atoms with Gasteiger partial charge in [0.1, 0.15) is 18.4 Å². The molecule has 2 aliphatic heterocycles. The van der Waals surface area contributed by atoms with Crippen LogP contribution in [0.25, 0.3) is 11.4 Å². The van der Waals surface area contributed by atoms with Gasteiger partial charge in [0.25, 0.3) is 0 Å². The first-order valence-corrected chi connectivity index (χ1v) is 14.7. The molecule has 0 radical (unpaired) electrons. The molecule has 0 bridgehead atoms. The third kappa shape index (κ3) is 6.86. The van der Waals surface area contributed by atoms with E-state index in [1.165, 1.54) is 43.4 Å². The highest BCUT2D eigenvalue weighted by atomic mass is 19.1. The van der Waals surface area contributed by atoms with Crippen molar-refractivity contribution in [2.75, 3.05) is 34.2 Å². The van der Waals surface area contributed by atoms with Crippen LogP contribution in [0.15, 0.2) is 60.7 Å². The van der Waals surface area contributed by atoms with Crippen LogP contribution in [0, 0.1) is 5.82 Å². The topological polar surface area (TPSA) is 139 Å². The maximum Gasteiger partial charge on any atom is 0.247 e. The molecule has 0 saturated carbocycles. The largest absolute Gasteiger partial charge is 0.493 e. The monoisotopic (exact) mass is 632 g/mol. The molecule has 2 aliphatic rings.